The highest BCUT2D eigenvalue weighted by atomic mass is 32.1. The first-order valence-corrected chi connectivity index (χ1v) is 7.73. The highest BCUT2D eigenvalue weighted by Gasteiger charge is 2.25. The fourth-order valence-electron chi connectivity index (χ4n) is 2.36. The Bertz CT molecular complexity index is 588. The molecule has 0 radical (unpaired) electrons. The summed E-state index contributed by atoms with van der Waals surface area (Å²) < 4.78 is 0. The average Bonchev–Trinajstić information content (AvgIpc) is 3.14. The van der Waals surface area contributed by atoms with E-state index in [2.05, 4.69) is 35.1 Å². The number of nitrogens with zero attached hydrogens (tertiary/aromatic N) is 3. The molecule has 0 aromatic carbocycles. The van der Waals surface area contributed by atoms with Crippen molar-refractivity contribution in [2.45, 2.75) is 26.7 Å². The largest absolute Gasteiger partial charge is 0.357 e. The molecule has 0 amide bonds. The number of aryl methyl sites for hydroxylation is 1. The van der Waals surface area contributed by atoms with Gasteiger partial charge in [-0.25, -0.2) is 4.98 Å². The molecular formula is C14H20N4S. The van der Waals surface area contributed by atoms with Crippen LogP contribution >= 0.6 is 11.3 Å². The van der Waals surface area contributed by atoms with Crippen molar-refractivity contribution in [1.29, 1.82) is 0 Å². The van der Waals surface area contributed by atoms with E-state index in [4.69, 9.17) is 4.98 Å². The van der Waals surface area contributed by atoms with E-state index in [1.807, 2.05) is 7.05 Å². The van der Waals surface area contributed by atoms with Gasteiger partial charge in [0, 0.05) is 25.0 Å². The number of anilines is 2. The first-order valence-electron chi connectivity index (χ1n) is 6.92. The highest BCUT2D eigenvalue weighted by molar-refractivity contribution is 7.18. The predicted octanol–water partition coefficient (Wildman–Crippen LogP) is 3.28. The van der Waals surface area contributed by atoms with E-state index in [9.17, 15) is 0 Å². The third-order valence-corrected chi connectivity index (χ3v) is 4.52. The van der Waals surface area contributed by atoms with Gasteiger partial charge in [-0.15, -0.1) is 11.3 Å². The Hall–Kier alpha value is -1.36. The Balaban J connectivity index is 2.07. The first-order chi connectivity index (χ1) is 9.21. The molecular weight excluding hydrogens is 256 g/mol. The normalized spacial score (nSPS) is 14.9. The monoisotopic (exact) mass is 276 g/mol. The summed E-state index contributed by atoms with van der Waals surface area (Å²) in [4.78, 5) is 14.0. The number of thiophene rings is 1. The van der Waals surface area contributed by atoms with Gasteiger partial charge in [-0.05, 0) is 38.7 Å². The molecule has 1 N–H and O–H groups in total. The summed E-state index contributed by atoms with van der Waals surface area (Å²) in [6.07, 6.45) is 2.73. The van der Waals surface area contributed by atoms with Gasteiger partial charge in [-0.2, -0.15) is 4.98 Å². The van der Waals surface area contributed by atoms with E-state index in [-0.39, 0.29) is 0 Å². The van der Waals surface area contributed by atoms with Gasteiger partial charge in [0.15, 0.2) is 0 Å². The van der Waals surface area contributed by atoms with Crippen LogP contribution in [0, 0.1) is 12.8 Å². The lowest BCUT2D eigenvalue weighted by molar-refractivity contribution is 0.734. The van der Waals surface area contributed by atoms with Crippen LogP contribution in [0.1, 0.15) is 24.6 Å². The Morgan fingerprint density at radius 2 is 2.21 bits per heavy atom. The van der Waals surface area contributed by atoms with Crippen molar-refractivity contribution in [1.82, 2.24) is 9.97 Å². The van der Waals surface area contributed by atoms with Crippen LogP contribution in [-0.2, 0) is 0 Å². The van der Waals surface area contributed by atoms with Crippen molar-refractivity contribution >= 4 is 33.3 Å². The third kappa shape index (κ3) is 2.52. The summed E-state index contributed by atoms with van der Waals surface area (Å²) in [5.74, 6) is 2.68. The minimum Gasteiger partial charge on any atom is -0.357 e. The summed E-state index contributed by atoms with van der Waals surface area (Å²) in [6.45, 7) is 6.46. The van der Waals surface area contributed by atoms with E-state index in [1.54, 1.807) is 11.3 Å². The standard InChI is InChI=1S/C14H20N4S/c1-4-18(8-10-5-6-10)12-11-7-9(2)19-13(11)17-14(15-3)16-12/h7,10H,4-6,8H2,1-3H3,(H,15,16,17). The third-order valence-electron chi connectivity index (χ3n) is 3.58. The van der Waals surface area contributed by atoms with Crippen molar-refractivity contribution in [3.8, 4) is 0 Å². The molecule has 3 rings (SSSR count). The summed E-state index contributed by atoms with van der Waals surface area (Å²) in [5.41, 5.74) is 0. The molecule has 2 heterocycles. The quantitative estimate of drug-likeness (QED) is 0.910. The van der Waals surface area contributed by atoms with E-state index in [0.29, 0.717) is 0 Å². The number of hydrogen-bond acceptors (Lipinski definition) is 5. The van der Waals surface area contributed by atoms with Gasteiger partial charge >= 0.3 is 0 Å². The SMILES string of the molecule is CCN(CC1CC1)c1nc(NC)nc2sc(C)cc12. The molecule has 4 nitrogen and oxygen atoms in total. The summed E-state index contributed by atoms with van der Waals surface area (Å²) in [5, 5.41) is 4.27. The molecule has 19 heavy (non-hydrogen) atoms. The fourth-order valence-corrected chi connectivity index (χ4v) is 3.23. The Kier molecular flexibility index (Phi) is 3.31. The van der Waals surface area contributed by atoms with Gasteiger partial charge in [0.05, 0.1) is 5.39 Å². The maximum atomic E-state index is 4.70. The molecule has 1 aliphatic rings. The van der Waals surface area contributed by atoms with Crippen LogP contribution in [0.15, 0.2) is 6.07 Å². The van der Waals surface area contributed by atoms with Crippen LogP contribution < -0.4 is 10.2 Å². The number of rotatable bonds is 5. The number of nitrogens with one attached hydrogen (secondary N) is 1. The fraction of sp³-hybridized carbons (Fsp3) is 0.571. The Labute approximate surface area is 117 Å². The second-order valence-corrected chi connectivity index (χ2v) is 6.41. The van der Waals surface area contributed by atoms with Crippen molar-refractivity contribution in [3.63, 3.8) is 0 Å². The molecule has 0 spiro atoms. The van der Waals surface area contributed by atoms with E-state index in [1.165, 1.54) is 23.1 Å². The van der Waals surface area contributed by atoms with Crippen LogP contribution in [-0.4, -0.2) is 30.1 Å². The summed E-state index contributed by atoms with van der Waals surface area (Å²) in [7, 11) is 1.88. The van der Waals surface area contributed by atoms with E-state index >= 15 is 0 Å². The lowest BCUT2D eigenvalue weighted by Gasteiger charge is -2.22. The number of aromatic nitrogens is 2. The zero-order valence-electron chi connectivity index (χ0n) is 11.7. The second-order valence-electron chi connectivity index (χ2n) is 5.18. The topological polar surface area (TPSA) is 41.1 Å². The lowest BCUT2D eigenvalue weighted by Crippen LogP contribution is -2.26. The van der Waals surface area contributed by atoms with Gasteiger partial charge in [0.25, 0.3) is 0 Å². The molecule has 2 aromatic heterocycles. The smallest absolute Gasteiger partial charge is 0.225 e. The molecule has 1 saturated carbocycles. The molecule has 2 aromatic rings. The first kappa shape index (κ1) is 12.7. The molecule has 5 heteroatoms. The Morgan fingerprint density at radius 1 is 1.42 bits per heavy atom. The number of hydrogen-bond donors (Lipinski definition) is 1. The van der Waals surface area contributed by atoms with E-state index in [0.717, 1.165) is 35.6 Å². The number of fused-ring (bicyclic) bond motifs is 1. The van der Waals surface area contributed by atoms with Crippen LogP contribution in [0.2, 0.25) is 0 Å². The molecule has 102 valence electrons. The van der Waals surface area contributed by atoms with Crippen molar-refractivity contribution in [2.75, 3.05) is 30.4 Å². The molecule has 0 aliphatic heterocycles. The van der Waals surface area contributed by atoms with Crippen molar-refractivity contribution in [3.05, 3.63) is 10.9 Å². The second kappa shape index (κ2) is 4.96. The molecule has 1 fully saturated rings. The minimum atomic E-state index is 0.721. The van der Waals surface area contributed by atoms with Gasteiger partial charge < -0.3 is 10.2 Å². The Morgan fingerprint density at radius 3 is 2.84 bits per heavy atom. The molecule has 0 bridgehead atoms. The van der Waals surface area contributed by atoms with Crippen molar-refractivity contribution < 1.29 is 0 Å². The predicted molar refractivity (Wildman–Crippen MR) is 82.3 cm³/mol. The van der Waals surface area contributed by atoms with Crippen molar-refractivity contribution in [2.24, 2.45) is 5.92 Å². The van der Waals surface area contributed by atoms with Gasteiger partial charge in [-0.1, -0.05) is 0 Å². The summed E-state index contributed by atoms with van der Waals surface area (Å²) >= 11 is 1.74. The average molecular weight is 276 g/mol. The maximum absolute atomic E-state index is 4.70. The molecule has 0 unspecified atom stereocenters. The van der Waals surface area contributed by atoms with Gasteiger partial charge in [-0.3, -0.25) is 0 Å². The zero-order valence-corrected chi connectivity index (χ0v) is 12.5. The van der Waals surface area contributed by atoms with E-state index < -0.39 is 0 Å². The van der Waals surface area contributed by atoms with Crippen LogP contribution in [0.5, 0.6) is 0 Å². The minimum absolute atomic E-state index is 0.721. The molecule has 1 aliphatic carbocycles. The van der Waals surface area contributed by atoms with Gasteiger partial charge in [0.2, 0.25) is 5.95 Å². The van der Waals surface area contributed by atoms with Crippen LogP contribution in [0.3, 0.4) is 0 Å². The highest BCUT2D eigenvalue weighted by Crippen LogP contribution is 2.35. The summed E-state index contributed by atoms with van der Waals surface area (Å²) in [6, 6.07) is 2.21. The van der Waals surface area contributed by atoms with Crippen LogP contribution in [0.25, 0.3) is 10.2 Å². The lowest BCUT2D eigenvalue weighted by atomic mass is 10.3. The molecule has 0 saturated heterocycles. The van der Waals surface area contributed by atoms with Crippen LogP contribution in [0.4, 0.5) is 11.8 Å². The maximum Gasteiger partial charge on any atom is 0.225 e. The molecule has 0 atom stereocenters. The zero-order chi connectivity index (χ0) is 13.4. The van der Waals surface area contributed by atoms with Gasteiger partial charge in [0.1, 0.15) is 10.6 Å².